The molecule has 2 aliphatic carbocycles. The van der Waals surface area contributed by atoms with Crippen LogP contribution >= 0.6 is 0 Å². The monoisotopic (exact) mass is 562 g/mol. The highest BCUT2D eigenvalue weighted by Gasteiger charge is 2.49. The number of carbonyl (C=O) groups excluding carboxylic acids is 1. The van der Waals surface area contributed by atoms with E-state index in [0.717, 1.165) is 36.8 Å². The summed E-state index contributed by atoms with van der Waals surface area (Å²) in [5.74, 6) is 0.289. The zero-order valence-corrected chi connectivity index (χ0v) is 24.0. The molecule has 2 saturated carbocycles. The minimum Gasteiger partial charge on any atom is -0.497 e. The molecule has 2 aromatic rings. The minimum atomic E-state index is -0.861. The normalized spacial score (nSPS) is 25.2. The molecule has 41 heavy (non-hydrogen) atoms. The van der Waals surface area contributed by atoms with E-state index < -0.39 is 17.9 Å². The topological polar surface area (TPSA) is 88.5 Å². The molecule has 0 bridgehead atoms. The third-order valence-corrected chi connectivity index (χ3v) is 9.73. The van der Waals surface area contributed by atoms with Gasteiger partial charge in [0.2, 0.25) is 12.7 Å². The van der Waals surface area contributed by atoms with Gasteiger partial charge in [0.25, 0.3) is 0 Å². The highest BCUT2D eigenvalue weighted by molar-refractivity contribution is 5.80. The van der Waals surface area contributed by atoms with E-state index in [9.17, 15) is 14.7 Å². The molecule has 6 rings (SSSR count). The summed E-state index contributed by atoms with van der Waals surface area (Å²) in [6.45, 7) is 0.857. The van der Waals surface area contributed by atoms with Crippen LogP contribution in [0.2, 0.25) is 0 Å². The van der Waals surface area contributed by atoms with Crippen molar-refractivity contribution in [2.75, 3.05) is 27.0 Å². The summed E-state index contributed by atoms with van der Waals surface area (Å²) in [4.78, 5) is 31.7. The fourth-order valence-electron chi connectivity index (χ4n) is 7.75. The number of ether oxygens (including phenoxy) is 3. The number of amides is 1. The standard InChI is InChI=1S/C33H42N2O6/c1-39-26-15-12-22(13-16-26)32-31(33(37)38)27(23-14-17-28-29(18-23)41-21-40-28)19-34(32)20-30(36)35(24-8-4-2-5-9-24)25-10-6-3-7-11-25/h12-18,24-25,27,31-32H,2-11,19-21H2,1H3,(H,37,38). The van der Waals surface area contributed by atoms with Gasteiger partial charge in [-0.15, -0.1) is 0 Å². The average Bonchev–Trinajstić information content (AvgIpc) is 3.63. The molecular weight excluding hydrogens is 520 g/mol. The van der Waals surface area contributed by atoms with Crippen molar-refractivity contribution in [2.45, 2.75) is 88.3 Å². The molecule has 4 aliphatic rings. The number of benzene rings is 2. The van der Waals surface area contributed by atoms with E-state index in [0.29, 0.717) is 35.9 Å². The van der Waals surface area contributed by atoms with Gasteiger partial charge in [0.15, 0.2) is 11.5 Å². The first-order chi connectivity index (χ1) is 20.0. The van der Waals surface area contributed by atoms with E-state index in [1.807, 2.05) is 42.5 Å². The summed E-state index contributed by atoms with van der Waals surface area (Å²) < 4.78 is 16.5. The summed E-state index contributed by atoms with van der Waals surface area (Å²) in [5, 5.41) is 10.6. The first-order valence-corrected chi connectivity index (χ1v) is 15.3. The third-order valence-electron chi connectivity index (χ3n) is 9.73. The Morgan fingerprint density at radius 1 is 0.878 bits per heavy atom. The predicted octanol–water partition coefficient (Wildman–Crippen LogP) is 5.76. The number of likely N-dealkylation sites (tertiary alicyclic amines) is 1. The number of nitrogens with zero attached hydrogens (tertiary/aromatic N) is 2. The SMILES string of the molecule is COc1ccc(C2C(C(=O)O)C(c3ccc4c(c3)OCO4)CN2CC(=O)N(C2CCCCC2)C2CCCCC2)cc1. The van der Waals surface area contributed by atoms with E-state index in [1.165, 1.54) is 38.5 Å². The molecule has 2 aromatic carbocycles. The summed E-state index contributed by atoms with van der Waals surface area (Å²) in [6, 6.07) is 13.5. The first kappa shape index (κ1) is 27.9. The molecule has 220 valence electrons. The van der Waals surface area contributed by atoms with Gasteiger partial charge in [-0.2, -0.15) is 0 Å². The van der Waals surface area contributed by atoms with Crippen molar-refractivity contribution in [1.82, 2.24) is 9.80 Å². The number of fused-ring (bicyclic) bond motifs is 1. The first-order valence-electron chi connectivity index (χ1n) is 15.3. The van der Waals surface area contributed by atoms with E-state index in [1.54, 1.807) is 7.11 Å². The number of hydrogen-bond acceptors (Lipinski definition) is 6. The number of carboxylic acids is 1. The Hall–Kier alpha value is -3.26. The van der Waals surface area contributed by atoms with Crippen LogP contribution in [0.5, 0.6) is 17.2 Å². The van der Waals surface area contributed by atoms with E-state index in [2.05, 4.69) is 9.80 Å². The van der Waals surface area contributed by atoms with Crippen molar-refractivity contribution in [3.8, 4) is 17.2 Å². The Kier molecular flexibility index (Phi) is 8.37. The zero-order chi connectivity index (χ0) is 28.3. The Bertz CT molecular complexity index is 1200. The maximum Gasteiger partial charge on any atom is 0.309 e. The Morgan fingerprint density at radius 2 is 1.49 bits per heavy atom. The van der Waals surface area contributed by atoms with Crippen LogP contribution in [0, 0.1) is 5.92 Å². The molecule has 0 aromatic heterocycles. The van der Waals surface area contributed by atoms with Crippen LogP contribution < -0.4 is 14.2 Å². The van der Waals surface area contributed by atoms with Crippen LogP contribution in [-0.2, 0) is 9.59 Å². The maximum atomic E-state index is 14.3. The second kappa shape index (κ2) is 12.3. The lowest BCUT2D eigenvalue weighted by Gasteiger charge is -2.43. The predicted molar refractivity (Wildman–Crippen MR) is 154 cm³/mol. The molecule has 1 amide bonds. The number of carbonyl (C=O) groups is 2. The summed E-state index contributed by atoms with van der Waals surface area (Å²) >= 11 is 0. The smallest absolute Gasteiger partial charge is 0.309 e. The molecular formula is C33H42N2O6. The quantitative estimate of drug-likeness (QED) is 0.438. The molecule has 1 saturated heterocycles. The van der Waals surface area contributed by atoms with Gasteiger partial charge in [-0.05, 0) is 61.1 Å². The van der Waals surface area contributed by atoms with Crippen LogP contribution in [0.1, 0.15) is 87.3 Å². The van der Waals surface area contributed by atoms with Gasteiger partial charge in [-0.1, -0.05) is 56.7 Å². The Balaban J connectivity index is 1.33. The van der Waals surface area contributed by atoms with Gasteiger partial charge in [0.05, 0.1) is 19.6 Å². The van der Waals surface area contributed by atoms with Gasteiger partial charge in [0, 0.05) is 30.6 Å². The average molecular weight is 563 g/mol. The molecule has 3 unspecified atom stereocenters. The minimum absolute atomic E-state index is 0.151. The van der Waals surface area contributed by atoms with Crippen molar-refractivity contribution in [3.63, 3.8) is 0 Å². The summed E-state index contributed by atoms with van der Waals surface area (Å²) in [5.41, 5.74) is 1.78. The van der Waals surface area contributed by atoms with Crippen molar-refractivity contribution in [3.05, 3.63) is 53.6 Å². The molecule has 8 heteroatoms. The molecule has 8 nitrogen and oxygen atoms in total. The van der Waals surface area contributed by atoms with Crippen LogP contribution in [-0.4, -0.2) is 65.9 Å². The van der Waals surface area contributed by atoms with E-state index in [-0.39, 0.29) is 25.2 Å². The lowest BCUT2D eigenvalue weighted by Crippen LogP contribution is -2.52. The second-order valence-corrected chi connectivity index (χ2v) is 12.1. The number of methoxy groups -OCH3 is 1. The molecule has 3 atom stereocenters. The number of carboxylic acid groups (broad SMARTS) is 1. The lowest BCUT2D eigenvalue weighted by molar-refractivity contribution is -0.145. The van der Waals surface area contributed by atoms with E-state index >= 15 is 0 Å². The van der Waals surface area contributed by atoms with Gasteiger partial charge in [0.1, 0.15) is 5.75 Å². The fraction of sp³-hybridized carbons (Fsp3) is 0.576. The zero-order valence-electron chi connectivity index (χ0n) is 24.0. The Morgan fingerprint density at radius 3 is 2.10 bits per heavy atom. The van der Waals surface area contributed by atoms with Crippen molar-refractivity contribution in [2.24, 2.45) is 5.92 Å². The summed E-state index contributed by atoms with van der Waals surface area (Å²) in [7, 11) is 1.62. The Labute approximate surface area is 242 Å². The molecule has 0 radical (unpaired) electrons. The number of aliphatic carboxylic acids is 1. The van der Waals surface area contributed by atoms with Gasteiger partial charge in [-0.25, -0.2) is 0 Å². The molecule has 1 N–H and O–H groups in total. The van der Waals surface area contributed by atoms with Crippen molar-refractivity contribution >= 4 is 11.9 Å². The summed E-state index contributed by atoms with van der Waals surface area (Å²) in [6.07, 6.45) is 11.5. The highest BCUT2D eigenvalue weighted by atomic mass is 16.7. The fourth-order valence-corrected chi connectivity index (χ4v) is 7.75. The van der Waals surface area contributed by atoms with Crippen molar-refractivity contribution in [1.29, 1.82) is 0 Å². The molecule has 2 aliphatic heterocycles. The molecule has 3 fully saturated rings. The van der Waals surface area contributed by atoms with Crippen LogP contribution in [0.25, 0.3) is 0 Å². The van der Waals surface area contributed by atoms with Crippen molar-refractivity contribution < 1.29 is 28.9 Å². The highest BCUT2D eigenvalue weighted by Crippen LogP contribution is 2.48. The maximum absolute atomic E-state index is 14.3. The van der Waals surface area contributed by atoms with Crippen LogP contribution in [0.15, 0.2) is 42.5 Å². The van der Waals surface area contributed by atoms with E-state index in [4.69, 9.17) is 14.2 Å². The van der Waals surface area contributed by atoms with Gasteiger partial charge >= 0.3 is 5.97 Å². The van der Waals surface area contributed by atoms with Gasteiger partial charge in [-0.3, -0.25) is 14.5 Å². The molecule has 0 spiro atoms. The molecule has 2 heterocycles. The third kappa shape index (κ3) is 5.76. The lowest BCUT2D eigenvalue weighted by atomic mass is 9.82. The van der Waals surface area contributed by atoms with Gasteiger partial charge < -0.3 is 24.2 Å². The van der Waals surface area contributed by atoms with Crippen LogP contribution in [0.3, 0.4) is 0 Å². The number of rotatable bonds is 8. The van der Waals surface area contributed by atoms with Crippen LogP contribution in [0.4, 0.5) is 0 Å². The number of hydrogen-bond donors (Lipinski definition) is 1. The second-order valence-electron chi connectivity index (χ2n) is 12.1. The largest absolute Gasteiger partial charge is 0.497 e.